The molecule has 1 aromatic carbocycles. The number of rotatable bonds is 4. The second-order valence-corrected chi connectivity index (χ2v) is 4.06. The highest BCUT2D eigenvalue weighted by atomic mass is 16.4. The summed E-state index contributed by atoms with van der Waals surface area (Å²) in [6, 6.07) is 6.40. The molecule has 92 valence electrons. The van der Waals surface area contributed by atoms with Gasteiger partial charge in [-0.3, -0.25) is 4.79 Å². The van der Waals surface area contributed by atoms with Gasteiger partial charge >= 0.3 is 5.97 Å². The number of benzene rings is 1. The van der Waals surface area contributed by atoms with Gasteiger partial charge in [-0.2, -0.15) is 0 Å². The summed E-state index contributed by atoms with van der Waals surface area (Å²) in [5.41, 5.74) is 0.957. The molecule has 0 aromatic heterocycles. The Kier molecular flexibility index (Phi) is 4.26. The van der Waals surface area contributed by atoms with Gasteiger partial charge in [0.15, 0.2) is 0 Å². The summed E-state index contributed by atoms with van der Waals surface area (Å²) in [6.07, 6.45) is 0.429. The molecular formula is C13H17NO3. The lowest BCUT2D eigenvalue weighted by Crippen LogP contribution is -2.36. The average molecular weight is 235 g/mol. The fourth-order valence-corrected chi connectivity index (χ4v) is 1.67. The maximum atomic E-state index is 11.8. The average Bonchev–Trinajstić information content (AvgIpc) is 2.29. The maximum Gasteiger partial charge on any atom is 0.335 e. The Labute approximate surface area is 101 Å². The third-order valence-electron chi connectivity index (χ3n) is 2.48. The smallest absolute Gasteiger partial charge is 0.335 e. The molecule has 0 bridgehead atoms. The van der Waals surface area contributed by atoms with Gasteiger partial charge in [0.05, 0.1) is 5.56 Å². The van der Waals surface area contributed by atoms with Crippen LogP contribution in [0.3, 0.4) is 0 Å². The topological polar surface area (TPSA) is 57.6 Å². The van der Waals surface area contributed by atoms with Crippen LogP contribution >= 0.6 is 0 Å². The number of nitrogens with zero attached hydrogens (tertiary/aromatic N) is 1. The summed E-state index contributed by atoms with van der Waals surface area (Å²) < 4.78 is 0. The second kappa shape index (κ2) is 5.48. The molecule has 0 aliphatic heterocycles. The molecule has 0 unspecified atom stereocenters. The van der Waals surface area contributed by atoms with Gasteiger partial charge in [0.2, 0.25) is 5.91 Å². The summed E-state index contributed by atoms with van der Waals surface area (Å²) in [7, 11) is 0. The Balaban J connectivity index is 3.03. The Morgan fingerprint density at radius 3 is 2.12 bits per heavy atom. The van der Waals surface area contributed by atoms with E-state index in [1.54, 1.807) is 17.0 Å². The molecule has 0 heterocycles. The number of carbonyl (C=O) groups excluding carboxylic acids is 1. The highest BCUT2D eigenvalue weighted by Gasteiger charge is 2.17. The normalized spacial score (nSPS) is 10.4. The van der Waals surface area contributed by atoms with E-state index in [1.807, 2.05) is 20.8 Å². The summed E-state index contributed by atoms with van der Waals surface area (Å²) in [6.45, 7) is 5.67. The van der Waals surface area contributed by atoms with Gasteiger partial charge in [-0.25, -0.2) is 4.79 Å². The Bertz CT molecular complexity index is 409. The monoisotopic (exact) mass is 235 g/mol. The minimum absolute atomic E-state index is 0.0306. The van der Waals surface area contributed by atoms with Crippen molar-refractivity contribution in [2.45, 2.75) is 33.2 Å². The van der Waals surface area contributed by atoms with E-state index in [4.69, 9.17) is 5.11 Å². The van der Waals surface area contributed by atoms with Gasteiger partial charge < -0.3 is 10.0 Å². The molecular weight excluding hydrogens is 218 g/mol. The number of anilines is 1. The lowest BCUT2D eigenvalue weighted by Gasteiger charge is -2.26. The molecule has 1 amide bonds. The van der Waals surface area contributed by atoms with Crippen molar-refractivity contribution in [1.82, 2.24) is 0 Å². The first kappa shape index (κ1) is 13.2. The molecule has 4 heteroatoms. The molecule has 0 radical (unpaired) electrons. The predicted octanol–water partition coefficient (Wildman–Crippen LogP) is 2.54. The largest absolute Gasteiger partial charge is 0.478 e. The van der Waals surface area contributed by atoms with E-state index in [2.05, 4.69) is 0 Å². The second-order valence-electron chi connectivity index (χ2n) is 4.06. The van der Waals surface area contributed by atoms with Crippen LogP contribution in [0.5, 0.6) is 0 Å². The highest BCUT2D eigenvalue weighted by molar-refractivity contribution is 5.94. The minimum atomic E-state index is -0.963. The molecule has 0 saturated heterocycles. The van der Waals surface area contributed by atoms with E-state index in [0.29, 0.717) is 6.42 Å². The van der Waals surface area contributed by atoms with Crippen molar-refractivity contribution >= 4 is 17.6 Å². The van der Waals surface area contributed by atoms with Crippen LogP contribution < -0.4 is 4.90 Å². The van der Waals surface area contributed by atoms with E-state index >= 15 is 0 Å². The van der Waals surface area contributed by atoms with Gasteiger partial charge in [0, 0.05) is 18.2 Å². The van der Waals surface area contributed by atoms with Crippen molar-refractivity contribution in [3.05, 3.63) is 29.8 Å². The standard InChI is InChI=1S/C13H17NO3/c1-4-12(15)14(9(2)3)11-7-5-10(6-8-11)13(16)17/h5-9H,4H2,1-3H3,(H,16,17). The number of aromatic carboxylic acids is 1. The van der Waals surface area contributed by atoms with Crippen molar-refractivity contribution in [3.8, 4) is 0 Å². The molecule has 0 saturated carbocycles. The summed E-state index contributed by atoms with van der Waals surface area (Å²) in [4.78, 5) is 24.2. The van der Waals surface area contributed by atoms with E-state index in [-0.39, 0.29) is 17.5 Å². The third-order valence-corrected chi connectivity index (χ3v) is 2.48. The lowest BCUT2D eigenvalue weighted by molar-refractivity contribution is -0.118. The zero-order chi connectivity index (χ0) is 13.0. The fourth-order valence-electron chi connectivity index (χ4n) is 1.67. The molecule has 17 heavy (non-hydrogen) atoms. The number of hydrogen-bond donors (Lipinski definition) is 1. The van der Waals surface area contributed by atoms with E-state index < -0.39 is 5.97 Å². The van der Waals surface area contributed by atoms with Crippen LogP contribution in [-0.2, 0) is 4.79 Å². The van der Waals surface area contributed by atoms with Crippen LogP contribution in [0.2, 0.25) is 0 Å². The summed E-state index contributed by atoms with van der Waals surface area (Å²) in [5, 5.41) is 8.80. The van der Waals surface area contributed by atoms with Crippen LogP contribution in [0, 0.1) is 0 Å². The van der Waals surface area contributed by atoms with E-state index in [0.717, 1.165) is 5.69 Å². The van der Waals surface area contributed by atoms with Crippen molar-refractivity contribution in [2.24, 2.45) is 0 Å². The molecule has 0 atom stereocenters. The Morgan fingerprint density at radius 2 is 1.76 bits per heavy atom. The molecule has 1 N–H and O–H groups in total. The van der Waals surface area contributed by atoms with Gasteiger partial charge in [0.25, 0.3) is 0 Å². The van der Waals surface area contributed by atoms with E-state index in [1.165, 1.54) is 12.1 Å². The van der Waals surface area contributed by atoms with Crippen LogP contribution in [-0.4, -0.2) is 23.0 Å². The van der Waals surface area contributed by atoms with Crippen molar-refractivity contribution in [3.63, 3.8) is 0 Å². The molecule has 1 rings (SSSR count). The van der Waals surface area contributed by atoms with Crippen molar-refractivity contribution < 1.29 is 14.7 Å². The first-order chi connectivity index (χ1) is 7.97. The number of carboxylic acids is 1. The fraction of sp³-hybridized carbons (Fsp3) is 0.385. The number of amides is 1. The molecule has 0 aliphatic carbocycles. The highest BCUT2D eigenvalue weighted by Crippen LogP contribution is 2.19. The van der Waals surface area contributed by atoms with Gasteiger partial charge in [0.1, 0.15) is 0 Å². The van der Waals surface area contributed by atoms with Gasteiger partial charge in [-0.15, -0.1) is 0 Å². The Morgan fingerprint density at radius 1 is 1.24 bits per heavy atom. The van der Waals surface area contributed by atoms with Gasteiger partial charge in [-0.1, -0.05) is 6.92 Å². The van der Waals surface area contributed by atoms with Crippen LogP contribution in [0.15, 0.2) is 24.3 Å². The van der Waals surface area contributed by atoms with Crippen molar-refractivity contribution in [2.75, 3.05) is 4.90 Å². The number of carbonyl (C=O) groups is 2. The van der Waals surface area contributed by atoms with Crippen LogP contribution in [0.1, 0.15) is 37.6 Å². The van der Waals surface area contributed by atoms with Crippen LogP contribution in [0.4, 0.5) is 5.69 Å². The number of hydrogen-bond acceptors (Lipinski definition) is 2. The maximum absolute atomic E-state index is 11.8. The molecule has 0 fully saturated rings. The first-order valence-electron chi connectivity index (χ1n) is 5.62. The van der Waals surface area contributed by atoms with Crippen LogP contribution in [0.25, 0.3) is 0 Å². The zero-order valence-electron chi connectivity index (χ0n) is 10.3. The molecule has 0 spiro atoms. The van der Waals surface area contributed by atoms with E-state index in [9.17, 15) is 9.59 Å². The lowest BCUT2D eigenvalue weighted by atomic mass is 10.1. The predicted molar refractivity (Wildman–Crippen MR) is 66.3 cm³/mol. The van der Waals surface area contributed by atoms with Crippen molar-refractivity contribution in [1.29, 1.82) is 0 Å². The SMILES string of the molecule is CCC(=O)N(c1ccc(C(=O)O)cc1)C(C)C. The first-order valence-corrected chi connectivity index (χ1v) is 5.62. The summed E-state index contributed by atoms with van der Waals surface area (Å²) in [5.74, 6) is -0.933. The van der Waals surface area contributed by atoms with Gasteiger partial charge in [-0.05, 0) is 38.1 Å². The molecule has 4 nitrogen and oxygen atoms in total. The minimum Gasteiger partial charge on any atom is -0.478 e. The zero-order valence-corrected chi connectivity index (χ0v) is 10.3. The third kappa shape index (κ3) is 3.06. The molecule has 0 aliphatic rings. The summed E-state index contributed by atoms with van der Waals surface area (Å²) >= 11 is 0. The number of carboxylic acid groups (broad SMARTS) is 1. The quantitative estimate of drug-likeness (QED) is 0.872. The molecule has 1 aromatic rings. The Hall–Kier alpha value is -1.84.